The first-order chi connectivity index (χ1) is 8.41. The summed E-state index contributed by atoms with van der Waals surface area (Å²) in [4.78, 5) is 14.8. The van der Waals surface area contributed by atoms with Gasteiger partial charge in [0.15, 0.2) is 0 Å². The van der Waals surface area contributed by atoms with E-state index in [0.29, 0.717) is 19.0 Å². The Balaban J connectivity index is 2.46. The van der Waals surface area contributed by atoms with Crippen molar-refractivity contribution in [2.24, 2.45) is 11.1 Å². The van der Waals surface area contributed by atoms with E-state index in [9.17, 15) is 4.79 Å². The lowest BCUT2D eigenvalue weighted by Crippen LogP contribution is -2.49. The molecule has 2 unspecified atom stereocenters. The molecule has 4 nitrogen and oxygen atoms in total. The van der Waals surface area contributed by atoms with Crippen molar-refractivity contribution in [1.29, 1.82) is 0 Å². The highest BCUT2D eigenvalue weighted by Gasteiger charge is 2.34. The Morgan fingerprint density at radius 1 is 1.50 bits per heavy atom. The largest absolute Gasteiger partial charge is 0.392 e. The molecule has 0 bridgehead atoms. The predicted octanol–water partition coefficient (Wildman–Crippen LogP) is 1.29. The molecule has 0 aromatic heterocycles. The standard InChI is InChI=1S/C13H25N3OS/c1-4-13(3,11(14)18)12(17)15-9-10(2)16-7-5-6-8-16/h10H,4-9H2,1-3H3,(H2,14,18)(H,15,17). The number of nitrogens with two attached hydrogens (primary N) is 1. The van der Waals surface area contributed by atoms with Gasteiger partial charge in [-0.15, -0.1) is 0 Å². The van der Waals surface area contributed by atoms with E-state index in [2.05, 4.69) is 17.1 Å². The average Bonchev–Trinajstić information content (AvgIpc) is 2.87. The first-order valence-electron chi connectivity index (χ1n) is 6.74. The Kier molecular flexibility index (Phi) is 5.53. The van der Waals surface area contributed by atoms with Crippen LogP contribution in [0.2, 0.25) is 0 Å². The minimum absolute atomic E-state index is 0.0523. The number of nitrogens with one attached hydrogen (secondary N) is 1. The van der Waals surface area contributed by atoms with Gasteiger partial charge in [0.05, 0.1) is 10.4 Å². The lowest BCUT2D eigenvalue weighted by atomic mass is 9.86. The van der Waals surface area contributed by atoms with E-state index in [-0.39, 0.29) is 10.9 Å². The molecule has 1 amide bonds. The van der Waals surface area contributed by atoms with Crippen LogP contribution in [0.25, 0.3) is 0 Å². The van der Waals surface area contributed by atoms with Gasteiger partial charge in [0.2, 0.25) is 5.91 Å². The molecule has 1 aliphatic rings. The number of carbonyl (C=O) groups is 1. The van der Waals surface area contributed by atoms with Crippen molar-refractivity contribution in [1.82, 2.24) is 10.2 Å². The average molecular weight is 271 g/mol. The zero-order valence-corrected chi connectivity index (χ0v) is 12.5. The zero-order chi connectivity index (χ0) is 13.8. The number of likely N-dealkylation sites (tertiary alicyclic amines) is 1. The summed E-state index contributed by atoms with van der Waals surface area (Å²) in [6.07, 6.45) is 3.15. The van der Waals surface area contributed by atoms with Gasteiger partial charge in [0.1, 0.15) is 0 Å². The minimum atomic E-state index is -0.722. The van der Waals surface area contributed by atoms with Crippen molar-refractivity contribution in [3.63, 3.8) is 0 Å². The molecular weight excluding hydrogens is 246 g/mol. The van der Waals surface area contributed by atoms with Crippen LogP contribution < -0.4 is 11.1 Å². The smallest absolute Gasteiger partial charge is 0.232 e. The van der Waals surface area contributed by atoms with Gasteiger partial charge in [-0.1, -0.05) is 19.1 Å². The molecular formula is C13H25N3OS. The zero-order valence-electron chi connectivity index (χ0n) is 11.7. The van der Waals surface area contributed by atoms with Gasteiger partial charge in [0.25, 0.3) is 0 Å². The molecule has 0 spiro atoms. The molecule has 0 aliphatic carbocycles. The summed E-state index contributed by atoms with van der Waals surface area (Å²) >= 11 is 5.00. The summed E-state index contributed by atoms with van der Waals surface area (Å²) in [5, 5.41) is 2.98. The van der Waals surface area contributed by atoms with Crippen molar-refractivity contribution in [3.8, 4) is 0 Å². The van der Waals surface area contributed by atoms with Gasteiger partial charge in [0, 0.05) is 12.6 Å². The number of carbonyl (C=O) groups excluding carboxylic acids is 1. The van der Waals surface area contributed by atoms with Crippen LogP contribution in [0, 0.1) is 5.41 Å². The monoisotopic (exact) mass is 271 g/mol. The number of thiocarbonyl (C=S) groups is 1. The summed E-state index contributed by atoms with van der Waals surface area (Å²) in [7, 11) is 0. The molecule has 1 heterocycles. The Bertz CT molecular complexity index is 315. The number of hydrogen-bond acceptors (Lipinski definition) is 3. The van der Waals surface area contributed by atoms with Crippen LogP contribution in [0.4, 0.5) is 0 Å². The topological polar surface area (TPSA) is 58.4 Å². The van der Waals surface area contributed by atoms with Gasteiger partial charge in [-0.25, -0.2) is 0 Å². The molecule has 104 valence electrons. The Morgan fingerprint density at radius 2 is 2.06 bits per heavy atom. The van der Waals surface area contributed by atoms with E-state index in [4.69, 9.17) is 18.0 Å². The molecule has 1 aliphatic heterocycles. The maximum atomic E-state index is 12.2. The fourth-order valence-electron chi connectivity index (χ4n) is 2.19. The van der Waals surface area contributed by atoms with E-state index in [1.807, 2.05) is 13.8 Å². The number of hydrogen-bond donors (Lipinski definition) is 2. The molecule has 0 radical (unpaired) electrons. The molecule has 3 N–H and O–H groups in total. The molecule has 1 rings (SSSR count). The Hall–Kier alpha value is -0.680. The SMILES string of the molecule is CCC(C)(C(=O)NCC(C)N1CCCC1)C(N)=S. The molecule has 2 atom stereocenters. The second-order valence-corrected chi connectivity index (χ2v) is 5.79. The highest BCUT2D eigenvalue weighted by molar-refractivity contribution is 7.80. The summed E-state index contributed by atoms with van der Waals surface area (Å²) in [5.41, 5.74) is 4.95. The first kappa shape index (κ1) is 15.4. The Morgan fingerprint density at radius 3 is 2.50 bits per heavy atom. The third-order valence-electron chi connectivity index (χ3n) is 4.07. The Labute approximate surface area is 115 Å². The predicted molar refractivity (Wildman–Crippen MR) is 78.5 cm³/mol. The quantitative estimate of drug-likeness (QED) is 0.715. The summed E-state index contributed by atoms with van der Waals surface area (Å²) < 4.78 is 0. The van der Waals surface area contributed by atoms with E-state index >= 15 is 0 Å². The van der Waals surface area contributed by atoms with E-state index in [0.717, 1.165) is 13.1 Å². The van der Waals surface area contributed by atoms with Crippen LogP contribution in [0.15, 0.2) is 0 Å². The van der Waals surface area contributed by atoms with Crippen molar-refractivity contribution >= 4 is 23.1 Å². The van der Waals surface area contributed by atoms with E-state index in [1.165, 1.54) is 12.8 Å². The van der Waals surface area contributed by atoms with Crippen LogP contribution in [0.1, 0.15) is 40.0 Å². The molecule has 1 fully saturated rings. The fourth-order valence-corrected chi connectivity index (χ4v) is 2.43. The number of nitrogens with zero attached hydrogens (tertiary/aromatic N) is 1. The summed E-state index contributed by atoms with van der Waals surface area (Å²) in [6, 6.07) is 0.379. The van der Waals surface area contributed by atoms with Crippen LogP contribution in [0.5, 0.6) is 0 Å². The normalized spacial score (nSPS) is 21.3. The summed E-state index contributed by atoms with van der Waals surface area (Å²) in [5.74, 6) is -0.0523. The van der Waals surface area contributed by atoms with E-state index < -0.39 is 5.41 Å². The highest BCUT2D eigenvalue weighted by Crippen LogP contribution is 2.21. The minimum Gasteiger partial charge on any atom is -0.392 e. The van der Waals surface area contributed by atoms with Gasteiger partial charge >= 0.3 is 0 Å². The summed E-state index contributed by atoms with van der Waals surface area (Å²) in [6.45, 7) is 8.83. The van der Waals surface area contributed by atoms with Crippen molar-refractivity contribution in [3.05, 3.63) is 0 Å². The molecule has 0 aromatic rings. The maximum absolute atomic E-state index is 12.2. The second kappa shape index (κ2) is 6.48. The third-order valence-corrected chi connectivity index (χ3v) is 4.52. The van der Waals surface area contributed by atoms with Crippen molar-refractivity contribution in [2.75, 3.05) is 19.6 Å². The lowest BCUT2D eigenvalue weighted by Gasteiger charge is -2.28. The maximum Gasteiger partial charge on any atom is 0.232 e. The number of amides is 1. The molecule has 5 heteroatoms. The fraction of sp³-hybridized carbons (Fsp3) is 0.846. The first-order valence-corrected chi connectivity index (χ1v) is 7.15. The van der Waals surface area contributed by atoms with Crippen LogP contribution in [0.3, 0.4) is 0 Å². The molecule has 0 aromatic carbocycles. The van der Waals surface area contributed by atoms with Gasteiger partial charge in [-0.2, -0.15) is 0 Å². The molecule has 18 heavy (non-hydrogen) atoms. The second-order valence-electron chi connectivity index (χ2n) is 5.35. The van der Waals surface area contributed by atoms with Gasteiger partial charge in [-0.3, -0.25) is 9.69 Å². The van der Waals surface area contributed by atoms with Crippen LogP contribution >= 0.6 is 12.2 Å². The van der Waals surface area contributed by atoms with Crippen LogP contribution in [-0.4, -0.2) is 41.5 Å². The van der Waals surface area contributed by atoms with Crippen molar-refractivity contribution < 1.29 is 4.79 Å². The molecule has 1 saturated heterocycles. The lowest BCUT2D eigenvalue weighted by molar-refractivity contribution is -0.127. The van der Waals surface area contributed by atoms with Gasteiger partial charge in [-0.05, 0) is 46.2 Å². The van der Waals surface area contributed by atoms with Gasteiger partial charge < -0.3 is 11.1 Å². The van der Waals surface area contributed by atoms with E-state index in [1.54, 1.807) is 0 Å². The molecule has 0 saturated carbocycles. The highest BCUT2D eigenvalue weighted by atomic mass is 32.1. The van der Waals surface area contributed by atoms with Crippen molar-refractivity contribution in [2.45, 2.75) is 46.1 Å². The number of rotatable bonds is 6. The van der Waals surface area contributed by atoms with Crippen LogP contribution in [-0.2, 0) is 4.79 Å². The third kappa shape index (κ3) is 3.42.